The van der Waals surface area contributed by atoms with E-state index < -0.39 is 0 Å². The second-order valence-electron chi connectivity index (χ2n) is 10.0. The first-order valence-electron chi connectivity index (χ1n) is 14.5. The molecule has 0 radical (unpaired) electrons. The smallest absolute Gasteiger partial charge is 0.409 e. The van der Waals surface area contributed by atoms with Crippen LogP contribution in [0.3, 0.4) is 0 Å². The minimum absolute atomic E-state index is 0.0671. The number of rotatable bonds is 20. The van der Waals surface area contributed by atoms with Crippen LogP contribution in [0.25, 0.3) is 11.1 Å². The maximum atomic E-state index is 12.5. The summed E-state index contributed by atoms with van der Waals surface area (Å²) < 4.78 is 22.5. The third-order valence-corrected chi connectivity index (χ3v) is 7.11. The molecule has 1 aliphatic rings. The second kappa shape index (κ2) is 18.0. The van der Waals surface area contributed by atoms with Gasteiger partial charge in [0, 0.05) is 26.1 Å². The lowest BCUT2D eigenvalue weighted by Crippen LogP contribution is -2.32. The van der Waals surface area contributed by atoms with Gasteiger partial charge < -0.3 is 23.8 Å². The van der Waals surface area contributed by atoms with Gasteiger partial charge in [-0.2, -0.15) is 0 Å². The van der Waals surface area contributed by atoms with Gasteiger partial charge in [0.05, 0.1) is 33.0 Å². The van der Waals surface area contributed by atoms with E-state index in [4.69, 9.17) is 18.9 Å². The Morgan fingerprint density at radius 1 is 0.684 bits per heavy atom. The Kier molecular flexibility index (Phi) is 14.3. The monoisotopic (exact) mass is 525 g/mol. The van der Waals surface area contributed by atoms with Gasteiger partial charge >= 0.3 is 6.09 Å². The number of nitrogens with zero attached hydrogens (tertiary/aromatic N) is 1. The van der Waals surface area contributed by atoms with Crippen LogP contribution in [0, 0.1) is 0 Å². The van der Waals surface area contributed by atoms with Crippen molar-refractivity contribution in [1.29, 1.82) is 0 Å². The fraction of sp³-hybridized carbons (Fsp3) is 0.594. The van der Waals surface area contributed by atoms with Crippen LogP contribution in [0.1, 0.15) is 75.3 Å². The SMILES string of the molecule is CCCCCCCCCCOCCOCCOCCN(C)C(=O)OCC1c2ccccc2-c2ccccc21. The quantitative estimate of drug-likeness (QED) is 0.173. The molecule has 6 nitrogen and oxygen atoms in total. The Morgan fingerprint density at radius 2 is 1.18 bits per heavy atom. The lowest BCUT2D eigenvalue weighted by Gasteiger charge is -2.19. The largest absolute Gasteiger partial charge is 0.448 e. The Morgan fingerprint density at radius 3 is 1.79 bits per heavy atom. The van der Waals surface area contributed by atoms with Gasteiger partial charge in [0.15, 0.2) is 0 Å². The third-order valence-electron chi connectivity index (χ3n) is 7.11. The first-order valence-corrected chi connectivity index (χ1v) is 14.5. The number of fused-ring (bicyclic) bond motifs is 3. The minimum atomic E-state index is -0.333. The highest BCUT2D eigenvalue weighted by atomic mass is 16.6. The number of carbonyl (C=O) groups is 1. The van der Waals surface area contributed by atoms with Crippen LogP contribution in [0.4, 0.5) is 4.79 Å². The highest BCUT2D eigenvalue weighted by Crippen LogP contribution is 2.44. The summed E-state index contributed by atoms with van der Waals surface area (Å²) in [5.41, 5.74) is 4.88. The highest BCUT2D eigenvalue weighted by molar-refractivity contribution is 5.79. The molecule has 1 amide bonds. The van der Waals surface area contributed by atoms with Crippen molar-refractivity contribution in [2.75, 3.05) is 59.8 Å². The van der Waals surface area contributed by atoms with Crippen molar-refractivity contribution in [1.82, 2.24) is 4.90 Å². The van der Waals surface area contributed by atoms with E-state index >= 15 is 0 Å². The normalized spacial score (nSPS) is 12.4. The summed E-state index contributed by atoms with van der Waals surface area (Å²) in [5.74, 6) is 0.0671. The molecule has 0 aromatic heterocycles. The molecule has 2 aromatic rings. The van der Waals surface area contributed by atoms with Crippen LogP contribution >= 0.6 is 0 Å². The number of likely N-dealkylation sites (N-methyl/N-ethyl adjacent to an activating group) is 1. The van der Waals surface area contributed by atoms with E-state index in [1.54, 1.807) is 11.9 Å². The summed E-state index contributed by atoms with van der Waals surface area (Å²) in [6.45, 7) is 6.54. The summed E-state index contributed by atoms with van der Waals surface area (Å²) >= 11 is 0. The van der Waals surface area contributed by atoms with Crippen LogP contribution in [0.5, 0.6) is 0 Å². The zero-order valence-corrected chi connectivity index (χ0v) is 23.5. The molecule has 0 saturated heterocycles. The molecule has 0 spiro atoms. The summed E-state index contributed by atoms with van der Waals surface area (Å²) in [4.78, 5) is 14.1. The van der Waals surface area contributed by atoms with E-state index in [2.05, 4.69) is 43.3 Å². The van der Waals surface area contributed by atoms with Gasteiger partial charge in [0.1, 0.15) is 6.61 Å². The molecule has 0 bridgehead atoms. The zero-order chi connectivity index (χ0) is 26.8. The van der Waals surface area contributed by atoms with E-state index in [1.807, 2.05) is 12.1 Å². The molecule has 6 heteroatoms. The number of carbonyl (C=O) groups excluding carboxylic acids is 1. The van der Waals surface area contributed by atoms with Gasteiger partial charge in [-0.25, -0.2) is 4.79 Å². The minimum Gasteiger partial charge on any atom is -0.448 e. The molecule has 0 atom stereocenters. The van der Waals surface area contributed by atoms with Crippen molar-refractivity contribution >= 4 is 6.09 Å². The molecule has 1 aliphatic carbocycles. The maximum absolute atomic E-state index is 12.5. The molecule has 38 heavy (non-hydrogen) atoms. The lowest BCUT2D eigenvalue weighted by atomic mass is 9.98. The standard InChI is InChI=1S/C32H47NO5/c1-3-4-5-6-7-8-9-14-20-35-22-24-37-25-23-36-21-19-33(2)32(34)38-26-31-29-17-12-10-15-27(29)28-16-11-13-18-30(28)31/h10-13,15-18,31H,3-9,14,19-26H2,1-2H3. The second-order valence-corrected chi connectivity index (χ2v) is 10.0. The lowest BCUT2D eigenvalue weighted by molar-refractivity contribution is 0.0105. The van der Waals surface area contributed by atoms with E-state index in [0.29, 0.717) is 46.2 Å². The summed E-state index contributed by atoms with van der Waals surface area (Å²) in [6, 6.07) is 16.7. The van der Waals surface area contributed by atoms with Gasteiger partial charge in [0.2, 0.25) is 0 Å². The number of unbranched alkanes of at least 4 members (excludes halogenated alkanes) is 7. The Labute approximate surface area is 229 Å². The molecule has 0 heterocycles. The molecule has 0 saturated carbocycles. The first kappa shape index (κ1) is 30.1. The van der Waals surface area contributed by atoms with Gasteiger partial charge in [-0.15, -0.1) is 0 Å². The van der Waals surface area contributed by atoms with Crippen molar-refractivity contribution in [2.45, 2.75) is 64.2 Å². The van der Waals surface area contributed by atoms with Crippen LogP contribution in [-0.2, 0) is 18.9 Å². The Bertz CT molecular complexity index is 888. The van der Waals surface area contributed by atoms with Crippen LogP contribution in [-0.4, -0.2) is 70.8 Å². The van der Waals surface area contributed by atoms with E-state index in [-0.39, 0.29) is 12.0 Å². The Hall–Kier alpha value is -2.41. The van der Waals surface area contributed by atoms with Crippen molar-refractivity contribution < 1.29 is 23.7 Å². The van der Waals surface area contributed by atoms with Gasteiger partial charge in [-0.05, 0) is 28.7 Å². The van der Waals surface area contributed by atoms with Crippen molar-refractivity contribution in [2.24, 2.45) is 0 Å². The predicted octanol–water partition coefficient (Wildman–Crippen LogP) is 7.06. The topological polar surface area (TPSA) is 57.2 Å². The zero-order valence-electron chi connectivity index (χ0n) is 23.5. The molecule has 0 N–H and O–H groups in total. The fourth-order valence-corrected chi connectivity index (χ4v) is 4.88. The molecule has 2 aromatic carbocycles. The summed E-state index contributed by atoms with van der Waals surface area (Å²) in [6.07, 6.45) is 10.1. The van der Waals surface area contributed by atoms with Crippen molar-refractivity contribution in [3.8, 4) is 11.1 Å². The third kappa shape index (κ3) is 10.0. The molecular weight excluding hydrogens is 478 g/mol. The van der Waals surface area contributed by atoms with Crippen molar-refractivity contribution in [3.63, 3.8) is 0 Å². The van der Waals surface area contributed by atoms with Crippen LogP contribution < -0.4 is 0 Å². The molecule has 0 fully saturated rings. The van der Waals surface area contributed by atoms with Crippen LogP contribution in [0.2, 0.25) is 0 Å². The predicted molar refractivity (Wildman–Crippen MR) is 153 cm³/mol. The number of ether oxygens (including phenoxy) is 4. The van der Waals surface area contributed by atoms with Gasteiger partial charge in [-0.3, -0.25) is 0 Å². The average Bonchev–Trinajstić information content (AvgIpc) is 3.27. The first-order chi connectivity index (χ1) is 18.7. The van der Waals surface area contributed by atoms with E-state index in [0.717, 1.165) is 13.0 Å². The number of hydrogen-bond donors (Lipinski definition) is 0. The number of benzene rings is 2. The molecule has 0 unspecified atom stereocenters. The maximum Gasteiger partial charge on any atom is 0.409 e. The number of amides is 1. The van der Waals surface area contributed by atoms with E-state index in [9.17, 15) is 4.79 Å². The fourth-order valence-electron chi connectivity index (χ4n) is 4.88. The highest BCUT2D eigenvalue weighted by Gasteiger charge is 2.29. The van der Waals surface area contributed by atoms with Gasteiger partial charge in [0.25, 0.3) is 0 Å². The Balaban J connectivity index is 1.16. The molecule has 0 aliphatic heterocycles. The average molecular weight is 526 g/mol. The molecular formula is C32H47NO5. The summed E-state index contributed by atoms with van der Waals surface area (Å²) in [5, 5.41) is 0. The molecule has 210 valence electrons. The van der Waals surface area contributed by atoms with Crippen LogP contribution in [0.15, 0.2) is 48.5 Å². The number of hydrogen-bond acceptors (Lipinski definition) is 5. The van der Waals surface area contributed by atoms with E-state index in [1.165, 1.54) is 67.2 Å². The summed E-state index contributed by atoms with van der Waals surface area (Å²) in [7, 11) is 1.74. The molecule has 3 rings (SSSR count). The van der Waals surface area contributed by atoms with Gasteiger partial charge in [-0.1, -0.05) is 100 Å². The van der Waals surface area contributed by atoms with Crippen molar-refractivity contribution in [3.05, 3.63) is 59.7 Å².